The Morgan fingerprint density at radius 1 is 0.333 bits per heavy atom. The SMILES string of the molecule is Cc1cc(CCC(F)(F)C(F)(F)C(F)(F)C(F)(F)C(F)(F)C(F)(F)C(F)(F)C(F)(F)F)cc(C)c1-n1cc[n+](-c2c(C)cc(CCC(F)(F)C(F)(F)C(F)(F)C(F)(F)C(F)(F)C(F)(F)C(F)(F)C(F)(F)F)cc2C)c1. The number of aromatic nitrogens is 2. The molecular formula is C39H27F34N2+. The molecule has 0 unspecified atom stereocenters. The van der Waals surface area contributed by atoms with E-state index in [1.54, 1.807) is 0 Å². The molecule has 0 bridgehead atoms. The fraction of sp³-hybridized carbons (Fsp3) is 0.615. The van der Waals surface area contributed by atoms with Gasteiger partial charge in [0.15, 0.2) is 0 Å². The highest BCUT2D eigenvalue weighted by Crippen LogP contribution is 2.66. The smallest absolute Gasteiger partial charge is 0.202 e. The number of halogens is 34. The van der Waals surface area contributed by atoms with Crippen LogP contribution in [-0.2, 0) is 12.8 Å². The lowest BCUT2D eigenvalue weighted by Crippen LogP contribution is -2.74. The van der Waals surface area contributed by atoms with Crippen molar-refractivity contribution in [3.05, 3.63) is 76.4 Å². The fourth-order valence-corrected chi connectivity index (χ4v) is 7.12. The average Bonchev–Trinajstić information content (AvgIpc) is 3.68. The van der Waals surface area contributed by atoms with Crippen molar-refractivity contribution in [3.63, 3.8) is 0 Å². The van der Waals surface area contributed by atoms with Gasteiger partial charge in [-0.15, -0.1) is 0 Å². The third-order valence-electron chi connectivity index (χ3n) is 11.3. The standard InChI is InChI=1S/C39H27F34N2/c1-16-11-20(5-7-24(40,41)26(44,45)28(48,49)30(52,53)32(56,57)34(60,61)36(64,65)38(68,69)70)12-17(2)22(16)74-9-10-75(15-74)23-18(3)13-21(14-19(23)4)6-8-25(42,43)27(46,47)29(50,51)31(54,55)33(58,59)35(62,63)37(66,67)39(71,72)73/h9-15H,5-8H2,1-4H3/q+1. The molecule has 0 N–H and O–H groups in total. The van der Waals surface area contributed by atoms with Gasteiger partial charge in [-0.25, -0.2) is 9.13 Å². The molecule has 0 saturated heterocycles. The lowest BCUT2D eigenvalue weighted by Gasteiger charge is -2.42. The van der Waals surface area contributed by atoms with Crippen LogP contribution in [0.5, 0.6) is 0 Å². The number of alkyl halides is 34. The van der Waals surface area contributed by atoms with Crippen LogP contribution < -0.4 is 4.57 Å². The molecule has 430 valence electrons. The van der Waals surface area contributed by atoms with Gasteiger partial charge in [0.25, 0.3) is 6.33 Å². The largest absolute Gasteiger partial charge is 0.460 e. The Balaban J connectivity index is 1.90. The molecule has 0 aliphatic heterocycles. The summed E-state index contributed by atoms with van der Waals surface area (Å²) >= 11 is 0. The van der Waals surface area contributed by atoms with Gasteiger partial charge in [-0.05, 0) is 73.9 Å². The van der Waals surface area contributed by atoms with Crippen LogP contribution in [0.3, 0.4) is 0 Å². The van der Waals surface area contributed by atoms with Gasteiger partial charge in [0.2, 0.25) is 0 Å². The van der Waals surface area contributed by atoms with E-state index in [-0.39, 0.29) is 33.6 Å². The third kappa shape index (κ3) is 9.44. The normalized spacial score (nSPS) is 15.5. The van der Waals surface area contributed by atoms with Crippen LogP contribution in [0.25, 0.3) is 11.4 Å². The second-order valence-corrected chi connectivity index (χ2v) is 16.7. The van der Waals surface area contributed by atoms with Crippen molar-refractivity contribution in [1.82, 2.24) is 4.57 Å². The van der Waals surface area contributed by atoms with Crippen LogP contribution in [0.2, 0.25) is 0 Å². The lowest BCUT2D eigenvalue weighted by atomic mass is 9.87. The molecular weight excluding hydrogens is 1140 g/mol. The lowest BCUT2D eigenvalue weighted by molar-refractivity contribution is -0.595. The van der Waals surface area contributed by atoms with Crippen LogP contribution in [0.4, 0.5) is 149 Å². The molecule has 75 heavy (non-hydrogen) atoms. The zero-order valence-electron chi connectivity index (χ0n) is 36.6. The minimum absolute atomic E-state index is 0.00686. The predicted octanol–water partition coefficient (Wildman–Crippen LogP) is 15.9. The Kier molecular flexibility index (Phi) is 15.9. The summed E-state index contributed by atoms with van der Waals surface area (Å²) in [7, 11) is 0. The Bertz CT molecular complexity index is 2340. The first kappa shape index (κ1) is 64.6. The van der Waals surface area contributed by atoms with Crippen LogP contribution in [0, 0.1) is 27.7 Å². The molecule has 0 saturated carbocycles. The van der Waals surface area contributed by atoms with E-state index in [4.69, 9.17) is 0 Å². The summed E-state index contributed by atoms with van der Waals surface area (Å²) in [5, 5.41) is 0. The fourth-order valence-electron chi connectivity index (χ4n) is 7.12. The molecule has 1 aromatic heterocycles. The highest BCUT2D eigenvalue weighted by molar-refractivity contribution is 5.50. The summed E-state index contributed by atoms with van der Waals surface area (Å²) in [5.41, 5.74) is -1.63. The van der Waals surface area contributed by atoms with Gasteiger partial charge in [-0.3, -0.25) is 0 Å². The van der Waals surface area contributed by atoms with Crippen LogP contribution in [-0.4, -0.2) is 99.8 Å². The van der Waals surface area contributed by atoms with Gasteiger partial charge in [-0.1, -0.05) is 24.3 Å². The molecule has 0 atom stereocenters. The Hall–Kier alpha value is -4.73. The Morgan fingerprint density at radius 3 is 0.840 bits per heavy atom. The van der Waals surface area contributed by atoms with E-state index < -0.39 is 132 Å². The van der Waals surface area contributed by atoms with E-state index in [9.17, 15) is 149 Å². The molecule has 3 aromatic rings. The monoisotopic (exact) mass is 1170 g/mol. The van der Waals surface area contributed by atoms with Crippen molar-refractivity contribution < 1.29 is 154 Å². The van der Waals surface area contributed by atoms with Crippen LogP contribution in [0.1, 0.15) is 46.2 Å². The molecule has 0 aliphatic rings. The maximum absolute atomic E-state index is 14.6. The first-order chi connectivity index (χ1) is 32.7. The molecule has 2 nitrogen and oxygen atoms in total. The van der Waals surface area contributed by atoms with E-state index in [1.807, 2.05) is 0 Å². The summed E-state index contributed by atoms with van der Waals surface area (Å²) in [6.07, 6.45) is -21.3. The van der Waals surface area contributed by atoms with E-state index >= 15 is 0 Å². The second kappa shape index (κ2) is 18.5. The second-order valence-electron chi connectivity index (χ2n) is 16.7. The molecule has 2 aromatic carbocycles. The maximum Gasteiger partial charge on any atom is 0.460 e. The zero-order chi connectivity index (χ0) is 59.6. The van der Waals surface area contributed by atoms with Gasteiger partial charge in [0.1, 0.15) is 23.8 Å². The van der Waals surface area contributed by atoms with Crippen molar-refractivity contribution in [3.8, 4) is 11.4 Å². The van der Waals surface area contributed by atoms with Crippen LogP contribution >= 0.6 is 0 Å². The van der Waals surface area contributed by atoms with Crippen molar-refractivity contribution in [1.29, 1.82) is 0 Å². The summed E-state index contributed by atoms with van der Waals surface area (Å²) in [6, 6.07) is 3.21. The molecule has 0 aliphatic carbocycles. The number of rotatable bonds is 20. The average molecular weight is 1170 g/mol. The maximum atomic E-state index is 14.6. The van der Waals surface area contributed by atoms with Gasteiger partial charge < -0.3 is 0 Å². The minimum Gasteiger partial charge on any atom is -0.202 e. The third-order valence-corrected chi connectivity index (χ3v) is 11.3. The first-order valence-electron chi connectivity index (χ1n) is 19.5. The zero-order valence-corrected chi connectivity index (χ0v) is 36.6. The first-order valence-corrected chi connectivity index (χ1v) is 19.5. The van der Waals surface area contributed by atoms with Crippen molar-refractivity contribution in [2.75, 3.05) is 0 Å². The molecule has 36 heteroatoms. The number of hydrogen-bond acceptors (Lipinski definition) is 0. The van der Waals surface area contributed by atoms with E-state index in [0.717, 1.165) is 79.8 Å². The number of imidazole rings is 1. The number of aryl methyl sites for hydroxylation is 6. The van der Waals surface area contributed by atoms with E-state index in [1.165, 1.54) is 0 Å². The summed E-state index contributed by atoms with van der Waals surface area (Å²) in [6.45, 7) is 4.47. The van der Waals surface area contributed by atoms with Gasteiger partial charge in [-0.2, -0.15) is 149 Å². The van der Waals surface area contributed by atoms with Crippen molar-refractivity contribution in [2.45, 2.75) is 149 Å². The van der Waals surface area contributed by atoms with Gasteiger partial charge >= 0.3 is 95.3 Å². The van der Waals surface area contributed by atoms with E-state index in [2.05, 4.69) is 0 Å². The van der Waals surface area contributed by atoms with Crippen molar-refractivity contribution >= 4 is 0 Å². The molecule has 0 radical (unpaired) electrons. The van der Waals surface area contributed by atoms with Gasteiger partial charge in [0.05, 0.1) is 0 Å². The summed E-state index contributed by atoms with van der Waals surface area (Å²) < 4.78 is 468. The van der Waals surface area contributed by atoms with Crippen molar-refractivity contribution in [2.24, 2.45) is 0 Å². The van der Waals surface area contributed by atoms with Gasteiger partial charge in [0, 0.05) is 12.8 Å². The minimum atomic E-state index is -8.82. The molecule has 0 spiro atoms. The molecule has 0 fully saturated rings. The Labute approximate surface area is 395 Å². The molecule has 0 amide bonds. The number of benzene rings is 2. The molecule has 3 rings (SSSR count). The topological polar surface area (TPSA) is 8.81 Å². The van der Waals surface area contributed by atoms with Crippen LogP contribution in [0.15, 0.2) is 43.0 Å². The highest BCUT2D eigenvalue weighted by Gasteiger charge is 2.97. The Morgan fingerprint density at radius 2 is 0.573 bits per heavy atom. The highest BCUT2D eigenvalue weighted by atomic mass is 19.4. The molecule has 1 heterocycles. The summed E-state index contributed by atoms with van der Waals surface area (Å²) in [4.78, 5) is 0. The number of nitrogens with zero attached hydrogens (tertiary/aromatic N) is 2. The predicted molar refractivity (Wildman–Crippen MR) is 184 cm³/mol. The van der Waals surface area contributed by atoms with E-state index in [0.29, 0.717) is 0 Å². The quantitative estimate of drug-likeness (QED) is 0.0788. The number of hydrogen-bond donors (Lipinski definition) is 0. The summed E-state index contributed by atoms with van der Waals surface area (Å²) in [5.74, 6) is -115.